The second-order valence-corrected chi connectivity index (χ2v) is 7.29. The van der Waals surface area contributed by atoms with E-state index in [4.69, 9.17) is 14.6 Å². The summed E-state index contributed by atoms with van der Waals surface area (Å²) in [6.07, 6.45) is -10.8. The van der Waals surface area contributed by atoms with Gasteiger partial charge in [0, 0.05) is 0 Å². The van der Waals surface area contributed by atoms with Gasteiger partial charge in [-0.15, -0.1) is 0 Å². The van der Waals surface area contributed by atoms with Crippen LogP contribution in [-0.2, 0) is 20.7 Å². The Morgan fingerprint density at radius 1 is 1.23 bits per heavy atom. The molecular formula is C20H30FNO8. The topological polar surface area (TPSA) is 149 Å². The Kier molecular flexibility index (Phi) is 9.56. The Bertz CT molecular complexity index is 649. The smallest absolute Gasteiger partial charge is 0.224 e. The molecule has 1 fully saturated rings. The van der Waals surface area contributed by atoms with E-state index < -0.39 is 68.1 Å². The number of aliphatic hydroxyl groups is 5. The van der Waals surface area contributed by atoms with E-state index in [0.717, 1.165) is 5.56 Å². The lowest BCUT2D eigenvalue weighted by Crippen LogP contribution is -2.59. The number of hydrogen-bond acceptors (Lipinski definition) is 8. The zero-order chi connectivity index (χ0) is 22.3. The van der Waals surface area contributed by atoms with Crippen LogP contribution in [-0.4, -0.2) is 93.7 Å². The molecule has 170 valence electrons. The second kappa shape index (κ2) is 11.7. The average Bonchev–Trinajstić information content (AvgIpc) is 2.75. The third-order valence-electron chi connectivity index (χ3n) is 5.02. The van der Waals surface area contributed by atoms with Crippen molar-refractivity contribution in [2.75, 3.05) is 13.2 Å². The van der Waals surface area contributed by atoms with Crippen LogP contribution in [0.3, 0.4) is 0 Å². The zero-order valence-electron chi connectivity index (χ0n) is 16.7. The van der Waals surface area contributed by atoms with E-state index in [9.17, 15) is 29.6 Å². The van der Waals surface area contributed by atoms with E-state index in [-0.39, 0.29) is 12.8 Å². The molecule has 6 N–H and O–H groups in total. The van der Waals surface area contributed by atoms with Crippen LogP contribution in [0.1, 0.15) is 18.9 Å². The van der Waals surface area contributed by atoms with Crippen LogP contribution < -0.4 is 5.32 Å². The maximum atomic E-state index is 13.8. The molecule has 2 rings (SSSR count). The van der Waals surface area contributed by atoms with Crippen molar-refractivity contribution < 1.29 is 44.2 Å². The molecule has 1 aromatic carbocycles. The van der Waals surface area contributed by atoms with Crippen molar-refractivity contribution in [2.24, 2.45) is 0 Å². The molecule has 0 bridgehead atoms. The summed E-state index contributed by atoms with van der Waals surface area (Å²) in [6, 6.07) is 7.82. The van der Waals surface area contributed by atoms with Gasteiger partial charge in [-0.25, -0.2) is 4.39 Å². The van der Waals surface area contributed by atoms with E-state index in [0.29, 0.717) is 0 Å². The Balaban J connectivity index is 2.03. The van der Waals surface area contributed by atoms with Crippen LogP contribution in [0, 0.1) is 0 Å². The van der Waals surface area contributed by atoms with Crippen LogP contribution in [0.4, 0.5) is 4.39 Å². The van der Waals surface area contributed by atoms with Crippen molar-refractivity contribution in [3.8, 4) is 0 Å². The highest BCUT2D eigenvalue weighted by Gasteiger charge is 2.45. The average molecular weight is 431 g/mol. The lowest BCUT2D eigenvalue weighted by Gasteiger charge is -2.39. The number of rotatable bonds is 10. The minimum atomic E-state index is -2.00. The predicted molar refractivity (Wildman–Crippen MR) is 103 cm³/mol. The van der Waals surface area contributed by atoms with Gasteiger partial charge in [0.1, 0.15) is 24.4 Å². The number of alkyl halides is 1. The molecule has 1 aliphatic rings. The molecule has 2 unspecified atom stereocenters. The highest BCUT2D eigenvalue weighted by Crippen LogP contribution is 2.24. The van der Waals surface area contributed by atoms with Crippen molar-refractivity contribution in [1.82, 2.24) is 5.32 Å². The molecular weight excluding hydrogens is 401 g/mol. The summed E-state index contributed by atoms with van der Waals surface area (Å²) in [5.74, 6) is -0.431. The summed E-state index contributed by atoms with van der Waals surface area (Å²) in [7, 11) is 0. The first-order valence-corrected chi connectivity index (χ1v) is 9.86. The number of amides is 1. The van der Waals surface area contributed by atoms with Gasteiger partial charge in [0.25, 0.3) is 0 Å². The number of benzene rings is 1. The molecule has 30 heavy (non-hydrogen) atoms. The molecule has 8 atom stereocenters. The van der Waals surface area contributed by atoms with E-state index >= 15 is 0 Å². The highest BCUT2D eigenvalue weighted by molar-refractivity contribution is 5.78. The Morgan fingerprint density at radius 3 is 2.50 bits per heavy atom. The summed E-state index contributed by atoms with van der Waals surface area (Å²) in [6.45, 7) is 0.511. The largest absolute Gasteiger partial charge is 0.394 e. The molecule has 1 amide bonds. The number of carbonyl (C=O) groups is 1. The van der Waals surface area contributed by atoms with Crippen molar-refractivity contribution in [3.05, 3.63) is 35.9 Å². The summed E-state index contributed by atoms with van der Waals surface area (Å²) in [4.78, 5) is 12.4. The summed E-state index contributed by atoms with van der Waals surface area (Å²) >= 11 is 0. The molecule has 0 radical (unpaired) electrons. The van der Waals surface area contributed by atoms with Crippen molar-refractivity contribution in [1.29, 1.82) is 0 Å². The number of halogens is 1. The Labute approximate surface area is 174 Å². The third-order valence-corrected chi connectivity index (χ3v) is 5.02. The molecule has 1 heterocycles. The number of nitrogens with one attached hydrogen (secondary N) is 1. The quantitative estimate of drug-likeness (QED) is 0.266. The standard InChI is InChI=1S/C20H30FNO8/c1-2-13(24)17(26)12(22-15(25)8-11-6-4-3-5-7-11)10-29-20-19(28)18(27)16(21)14(9-23)30-20/h3-7,12-14,16-20,23-24,26-28H,2,8-10H2,1H3,(H,22,25)/t12-,13+,14?,16+,17-,18-,19?,20-/m0/s1. The van der Waals surface area contributed by atoms with Crippen molar-refractivity contribution in [2.45, 2.75) is 68.8 Å². The first kappa shape index (κ1) is 24.6. The lowest BCUT2D eigenvalue weighted by molar-refractivity contribution is -0.293. The summed E-state index contributed by atoms with van der Waals surface area (Å²) in [5, 5.41) is 51.9. The van der Waals surface area contributed by atoms with Gasteiger partial charge >= 0.3 is 0 Å². The Hall–Kier alpha value is -1.66. The SMILES string of the molecule is CC[C@@H](O)[C@@H](O)[C@H](CO[C@H]1OC(CO)[C@@H](F)[C@H](O)C1O)NC(=O)Cc1ccccc1. The number of ether oxygens (including phenoxy) is 2. The van der Waals surface area contributed by atoms with Crippen LogP contribution in [0.25, 0.3) is 0 Å². The van der Waals surface area contributed by atoms with E-state index in [1.54, 1.807) is 31.2 Å². The summed E-state index contributed by atoms with van der Waals surface area (Å²) in [5.41, 5.74) is 0.745. The van der Waals surface area contributed by atoms with Gasteiger partial charge in [0.2, 0.25) is 5.91 Å². The van der Waals surface area contributed by atoms with Gasteiger partial charge in [-0.05, 0) is 12.0 Å². The molecule has 9 nitrogen and oxygen atoms in total. The van der Waals surface area contributed by atoms with Crippen LogP contribution >= 0.6 is 0 Å². The van der Waals surface area contributed by atoms with Gasteiger partial charge in [-0.1, -0.05) is 37.3 Å². The normalized spacial score (nSPS) is 29.8. The molecule has 1 aromatic rings. The molecule has 0 aliphatic carbocycles. The van der Waals surface area contributed by atoms with Crippen LogP contribution in [0.5, 0.6) is 0 Å². The lowest BCUT2D eigenvalue weighted by atomic mass is 10.0. The second-order valence-electron chi connectivity index (χ2n) is 7.29. The number of carbonyl (C=O) groups excluding carboxylic acids is 1. The van der Waals surface area contributed by atoms with Gasteiger partial charge in [-0.2, -0.15) is 0 Å². The summed E-state index contributed by atoms with van der Waals surface area (Å²) < 4.78 is 24.4. The minimum absolute atomic E-state index is 0.0314. The fourth-order valence-corrected chi connectivity index (χ4v) is 3.15. The van der Waals surface area contributed by atoms with Crippen LogP contribution in [0.2, 0.25) is 0 Å². The number of aliphatic hydroxyl groups excluding tert-OH is 5. The van der Waals surface area contributed by atoms with Crippen molar-refractivity contribution in [3.63, 3.8) is 0 Å². The molecule has 1 aliphatic heterocycles. The van der Waals surface area contributed by atoms with Gasteiger partial charge < -0.3 is 40.3 Å². The van der Waals surface area contributed by atoms with Crippen molar-refractivity contribution >= 4 is 5.91 Å². The highest BCUT2D eigenvalue weighted by atomic mass is 19.1. The fraction of sp³-hybridized carbons (Fsp3) is 0.650. The van der Waals surface area contributed by atoms with E-state index in [1.165, 1.54) is 0 Å². The van der Waals surface area contributed by atoms with Crippen LogP contribution in [0.15, 0.2) is 30.3 Å². The van der Waals surface area contributed by atoms with Gasteiger partial charge in [-0.3, -0.25) is 4.79 Å². The number of hydrogen-bond donors (Lipinski definition) is 6. The molecule has 0 aromatic heterocycles. The third kappa shape index (κ3) is 6.42. The monoisotopic (exact) mass is 431 g/mol. The molecule has 1 saturated heterocycles. The zero-order valence-corrected chi connectivity index (χ0v) is 16.7. The molecule has 0 saturated carbocycles. The van der Waals surface area contributed by atoms with E-state index in [1.807, 2.05) is 6.07 Å². The molecule has 0 spiro atoms. The van der Waals surface area contributed by atoms with E-state index in [2.05, 4.69) is 5.32 Å². The maximum Gasteiger partial charge on any atom is 0.224 e. The first-order valence-electron chi connectivity index (χ1n) is 9.86. The van der Waals surface area contributed by atoms with Gasteiger partial charge in [0.05, 0.1) is 31.8 Å². The minimum Gasteiger partial charge on any atom is -0.394 e. The maximum absolute atomic E-state index is 13.8. The first-order chi connectivity index (χ1) is 14.3. The Morgan fingerprint density at radius 2 is 1.90 bits per heavy atom. The fourth-order valence-electron chi connectivity index (χ4n) is 3.15. The predicted octanol–water partition coefficient (Wildman–Crippen LogP) is -1.36. The molecule has 10 heteroatoms. The van der Waals surface area contributed by atoms with Gasteiger partial charge in [0.15, 0.2) is 12.5 Å².